The molecule has 0 saturated heterocycles. The fraction of sp³-hybridized carbons (Fsp3) is 0.941. The predicted molar refractivity (Wildman–Crippen MR) is 96.2 cm³/mol. The van der Waals surface area contributed by atoms with Crippen molar-refractivity contribution in [3.8, 4) is 0 Å². The van der Waals surface area contributed by atoms with Crippen LogP contribution in [-0.4, -0.2) is 30.0 Å². The summed E-state index contributed by atoms with van der Waals surface area (Å²) in [5, 5.41) is 0. The molecule has 0 rings (SSSR count). The van der Waals surface area contributed by atoms with E-state index in [0.29, 0.717) is 6.42 Å². The van der Waals surface area contributed by atoms with Crippen molar-refractivity contribution < 1.29 is 48.7 Å². The van der Waals surface area contributed by atoms with Crippen LogP contribution in [0.3, 0.4) is 0 Å². The van der Waals surface area contributed by atoms with Gasteiger partial charge in [0.2, 0.25) is 0 Å². The number of nitrogens with two attached hydrogens (primary N) is 1. The summed E-state index contributed by atoms with van der Waals surface area (Å²) in [5.74, 6) is -0.488. The Bertz CT molecular complexity index is 434. The van der Waals surface area contributed by atoms with E-state index in [1.54, 1.807) is 0 Å². The second-order valence-corrected chi connectivity index (χ2v) is 8.47. The maximum absolute atomic E-state index is 12.0. The number of hydrogen-bond acceptors (Lipinski definition) is 4. The third-order valence-corrected chi connectivity index (χ3v) is 6.09. The van der Waals surface area contributed by atoms with Crippen LogP contribution in [0.4, 0.5) is 0 Å². The number of Topliss-reactive ketones (excluding diaryl/α,β-unsaturated/α-hetero) is 1. The molecule has 0 aliphatic carbocycles. The van der Waals surface area contributed by atoms with Gasteiger partial charge in [0.05, 0.1) is 0 Å². The number of carbonyl (C=O) groups is 1. The molecule has 0 fully saturated rings. The molecule has 3 N–H and O–H groups in total. The minimum atomic E-state index is -4.45. The van der Waals surface area contributed by atoms with Crippen molar-refractivity contribution in [3.05, 3.63) is 0 Å². The Balaban J connectivity index is -0.00000242. The van der Waals surface area contributed by atoms with Crippen LogP contribution >= 0.6 is 0 Å². The van der Waals surface area contributed by atoms with Gasteiger partial charge in [-0.05, 0) is 13.3 Å². The van der Waals surface area contributed by atoms with E-state index in [1.807, 2.05) is 0 Å². The van der Waals surface area contributed by atoms with Crippen molar-refractivity contribution in [2.24, 2.45) is 5.73 Å². The minimum absolute atomic E-state index is 0. The van der Waals surface area contributed by atoms with Gasteiger partial charge < -0.3 is 7.16 Å². The van der Waals surface area contributed by atoms with E-state index < -0.39 is 20.6 Å². The first-order valence-electron chi connectivity index (χ1n) is 9.00. The van der Waals surface area contributed by atoms with E-state index in [1.165, 1.54) is 51.9 Å². The summed E-state index contributed by atoms with van der Waals surface area (Å²) < 4.78 is 29.9. The van der Waals surface area contributed by atoms with Gasteiger partial charge in [-0.15, -0.1) is 0 Å². The minimum Gasteiger partial charge on any atom is -1.00 e. The molecule has 0 spiro atoms. The summed E-state index contributed by atoms with van der Waals surface area (Å²) in [7, 11) is -4.45. The van der Waals surface area contributed by atoms with Crippen molar-refractivity contribution in [2.45, 2.75) is 95.6 Å². The summed E-state index contributed by atoms with van der Waals surface area (Å²) in [5.41, 5.74) is 5.36. The number of unbranched alkanes of at least 4 members (excludes halogenated alkanes) is 10. The van der Waals surface area contributed by atoms with Gasteiger partial charge in [-0.25, -0.2) is 0 Å². The van der Waals surface area contributed by atoms with Gasteiger partial charge in [0.25, 0.3) is 10.1 Å². The van der Waals surface area contributed by atoms with Crippen molar-refractivity contribution in [3.63, 3.8) is 0 Å². The first kappa shape index (κ1) is 26.8. The van der Waals surface area contributed by atoms with Crippen LogP contribution in [0.5, 0.6) is 0 Å². The van der Waals surface area contributed by atoms with E-state index >= 15 is 0 Å². The third-order valence-electron chi connectivity index (χ3n) is 4.56. The van der Waals surface area contributed by atoms with Gasteiger partial charge in [-0.1, -0.05) is 71.1 Å². The van der Waals surface area contributed by atoms with E-state index in [4.69, 9.17) is 10.3 Å². The van der Waals surface area contributed by atoms with E-state index in [0.717, 1.165) is 19.3 Å². The van der Waals surface area contributed by atoms with Crippen LogP contribution in [0.1, 0.15) is 92.3 Å². The average molecular weight is 374 g/mol. The van der Waals surface area contributed by atoms with Crippen LogP contribution in [-0.2, 0) is 14.9 Å². The maximum Gasteiger partial charge on any atom is 1.00 e. The smallest absolute Gasteiger partial charge is 1.00 e. The fourth-order valence-electron chi connectivity index (χ4n) is 2.58. The molecule has 0 aliphatic heterocycles. The molecular weight excluding hydrogens is 337 g/mol. The normalized spacial score (nSPS) is 14.0. The molecule has 0 amide bonds. The van der Waals surface area contributed by atoms with E-state index in [9.17, 15) is 13.2 Å². The summed E-state index contributed by atoms with van der Waals surface area (Å²) in [6.07, 6.45) is 13.0. The molecule has 7 heteroatoms. The van der Waals surface area contributed by atoms with Gasteiger partial charge in [0.15, 0.2) is 10.5 Å². The first-order valence-corrected chi connectivity index (χ1v) is 10.4. The monoisotopic (exact) mass is 373 g/mol. The number of hydrogen-bond donors (Lipinski definition) is 2. The van der Waals surface area contributed by atoms with Crippen molar-refractivity contribution in [1.82, 2.24) is 0 Å². The van der Waals surface area contributed by atoms with Crippen molar-refractivity contribution in [1.29, 1.82) is 0 Å². The zero-order valence-electron chi connectivity index (χ0n) is 16.8. The molecule has 1 unspecified atom stereocenters. The summed E-state index contributed by atoms with van der Waals surface area (Å²) in [6, 6.07) is 0. The molecule has 0 aromatic heterocycles. The van der Waals surface area contributed by atoms with Crippen LogP contribution in [0.25, 0.3) is 0 Å². The fourth-order valence-corrected chi connectivity index (χ4v) is 3.18. The molecule has 0 saturated carbocycles. The molecule has 1 atom stereocenters. The summed E-state index contributed by atoms with van der Waals surface area (Å²) in [6.45, 7) is 3.03. The average Bonchev–Trinajstić information content (AvgIpc) is 2.50. The SMILES string of the molecule is CCCCCCCCCCCCCC(=O)C(C)(CN)S(=O)(=O)O.[H-].[Na+]. The largest absolute Gasteiger partial charge is 1.00 e. The molecule has 0 radical (unpaired) electrons. The Morgan fingerprint density at radius 3 is 1.67 bits per heavy atom. The number of ketones is 1. The van der Waals surface area contributed by atoms with Gasteiger partial charge >= 0.3 is 29.6 Å². The Hall–Kier alpha value is 0.540. The van der Waals surface area contributed by atoms with Gasteiger partial charge in [-0.2, -0.15) is 8.42 Å². The topological polar surface area (TPSA) is 97.5 Å². The first-order chi connectivity index (χ1) is 10.8. The van der Waals surface area contributed by atoms with Crippen LogP contribution < -0.4 is 35.3 Å². The van der Waals surface area contributed by atoms with Gasteiger partial charge in [0.1, 0.15) is 0 Å². The number of carbonyl (C=O) groups excluding carboxylic acids is 1. The van der Waals surface area contributed by atoms with Crippen molar-refractivity contribution >= 4 is 15.9 Å². The molecule has 140 valence electrons. The zero-order chi connectivity index (χ0) is 17.8. The zero-order valence-corrected chi connectivity index (χ0v) is 18.7. The Labute approximate surface area is 172 Å². The van der Waals surface area contributed by atoms with Crippen LogP contribution in [0.15, 0.2) is 0 Å². The van der Waals surface area contributed by atoms with E-state index in [-0.39, 0.29) is 43.9 Å². The quantitative estimate of drug-likeness (QED) is 0.253. The molecular formula is C17H36NNaO4S. The predicted octanol–water partition coefficient (Wildman–Crippen LogP) is 0.978. The molecule has 0 aromatic rings. The Morgan fingerprint density at radius 1 is 0.958 bits per heavy atom. The molecule has 5 nitrogen and oxygen atoms in total. The molecule has 0 heterocycles. The van der Waals surface area contributed by atoms with Gasteiger partial charge in [-0.3, -0.25) is 9.35 Å². The summed E-state index contributed by atoms with van der Waals surface area (Å²) >= 11 is 0. The Kier molecular flexibility index (Phi) is 16.4. The molecule has 0 bridgehead atoms. The van der Waals surface area contributed by atoms with Crippen LogP contribution in [0.2, 0.25) is 0 Å². The Morgan fingerprint density at radius 2 is 1.33 bits per heavy atom. The maximum atomic E-state index is 12.0. The second-order valence-electron chi connectivity index (χ2n) is 6.62. The second kappa shape index (κ2) is 14.7. The standard InChI is InChI=1S/C17H35NO4S.Na.H/c1-3-4-5-6-7-8-9-10-11-12-13-14-16(19)17(2,15-18)23(20,21)22;;/h3-15,18H2,1-2H3,(H,20,21,22);;/q;+1;-1. The molecule has 24 heavy (non-hydrogen) atoms. The van der Waals surface area contributed by atoms with Crippen LogP contribution in [0, 0.1) is 0 Å². The number of rotatable bonds is 15. The van der Waals surface area contributed by atoms with E-state index in [2.05, 4.69) is 6.92 Å². The third kappa shape index (κ3) is 10.5. The molecule has 0 aliphatic rings. The van der Waals surface area contributed by atoms with Crippen molar-refractivity contribution in [2.75, 3.05) is 6.54 Å². The van der Waals surface area contributed by atoms with Gasteiger partial charge in [0, 0.05) is 13.0 Å². The molecule has 0 aromatic carbocycles. The summed E-state index contributed by atoms with van der Waals surface area (Å²) in [4.78, 5) is 12.0.